The van der Waals surface area contributed by atoms with Crippen molar-refractivity contribution in [1.82, 2.24) is 15.5 Å². The number of hydrogen-bond donors (Lipinski definition) is 2. The third-order valence-electron chi connectivity index (χ3n) is 4.57. The van der Waals surface area contributed by atoms with Crippen LogP contribution in [0.1, 0.15) is 60.5 Å². The van der Waals surface area contributed by atoms with Gasteiger partial charge in [-0.3, -0.25) is 4.79 Å². The summed E-state index contributed by atoms with van der Waals surface area (Å²) in [6, 6.07) is 6.66. The lowest BCUT2D eigenvalue weighted by Crippen LogP contribution is -2.50. The summed E-state index contributed by atoms with van der Waals surface area (Å²) in [7, 11) is 0. The van der Waals surface area contributed by atoms with E-state index in [0.29, 0.717) is 18.7 Å². The standard InChI is InChI=1S/C24H39N3O5/c1-8-18-10-12-19(13-11-18)31-23(30)27(9-2)15-14-25-21(28)20(16-17(3)4)26-22(29)32-24(5,6)7/h10-13,17,20H,8-9,14-16H2,1-7H3,(H,25,28)(H,26,29)/t20-/m1/s1. The minimum absolute atomic E-state index is 0.196. The average Bonchev–Trinajstić information content (AvgIpc) is 2.69. The van der Waals surface area contributed by atoms with Gasteiger partial charge in [0.1, 0.15) is 17.4 Å². The van der Waals surface area contributed by atoms with E-state index in [1.807, 2.05) is 32.9 Å². The number of ether oxygens (including phenoxy) is 2. The van der Waals surface area contributed by atoms with Gasteiger partial charge in [0.2, 0.25) is 5.91 Å². The van der Waals surface area contributed by atoms with Crippen LogP contribution in [0.25, 0.3) is 0 Å². The Balaban J connectivity index is 2.59. The Morgan fingerprint density at radius 2 is 1.69 bits per heavy atom. The number of likely N-dealkylation sites (N-methyl/N-ethyl adjacent to an activating group) is 1. The van der Waals surface area contributed by atoms with Crippen LogP contribution in [0.3, 0.4) is 0 Å². The molecule has 0 spiro atoms. The van der Waals surface area contributed by atoms with Gasteiger partial charge < -0.3 is 25.0 Å². The Hall–Kier alpha value is -2.77. The number of rotatable bonds is 10. The third kappa shape index (κ3) is 10.5. The van der Waals surface area contributed by atoms with E-state index >= 15 is 0 Å². The Morgan fingerprint density at radius 1 is 1.06 bits per heavy atom. The number of nitrogens with one attached hydrogen (secondary N) is 2. The van der Waals surface area contributed by atoms with Gasteiger partial charge in [-0.2, -0.15) is 0 Å². The quantitative estimate of drug-likeness (QED) is 0.560. The number of hydrogen-bond acceptors (Lipinski definition) is 5. The van der Waals surface area contributed by atoms with Crippen LogP contribution < -0.4 is 15.4 Å². The van der Waals surface area contributed by atoms with Crippen molar-refractivity contribution in [3.63, 3.8) is 0 Å². The maximum Gasteiger partial charge on any atom is 0.415 e. The molecule has 0 aliphatic carbocycles. The van der Waals surface area contributed by atoms with Crippen LogP contribution in [0.2, 0.25) is 0 Å². The largest absolute Gasteiger partial charge is 0.444 e. The molecule has 0 radical (unpaired) electrons. The molecule has 0 saturated heterocycles. The van der Waals surface area contributed by atoms with Crippen LogP contribution in [0, 0.1) is 5.92 Å². The highest BCUT2D eigenvalue weighted by atomic mass is 16.6. The topological polar surface area (TPSA) is 97.0 Å². The number of alkyl carbamates (subject to hydrolysis) is 1. The third-order valence-corrected chi connectivity index (χ3v) is 4.57. The minimum Gasteiger partial charge on any atom is -0.444 e. The molecule has 32 heavy (non-hydrogen) atoms. The Labute approximate surface area is 192 Å². The fourth-order valence-electron chi connectivity index (χ4n) is 2.93. The summed E-state index contributed by atoms with van der Waals surface area (Å²) >= 11 is 0. The molecule has 8 nitrogen and oxygen atoms in total. The molecular weight excluding hydrogens is 410 g/mol. The molecule has 2 N–H and O–H groups in total. The van der Waals surface area contributed by atoms with Gasteiger partial charge in [0.05, 0.1) is 0 Å². The lowest BCUT2D eigenvalue weighted by molar-refractivity contribution is -0.123. The van der Waals surface area contributed by atoms with E-state index in [1.54, 1.807) is 32.9 Å². The molecule has 0 aliphatic rings. The molecule has 0 aliphatic heterocycles. The molecule has 0 saturated carbocycles. The second kappa shape index (κ2) is 12.9. The number of amides is 3. The molecule has 0 bridgehead atoms. The normalized spacial score (nSPS) is 12.1. The number of aryl methyl sites for hydroxylation is 1. The summed E-state index contributed by atoms with van der Waals surface area (Å²) in [4.78, 5) is 38.7. The van der Waals surface area contributed by atoms with Crippen molar-refractivity contribution in [3.05, 3.63) is 29.8 Å². The molecule has 3 amide bonds. The van der Waals surface area contributed by atoms with Crippen LogP contribution in [-0.4, -0.2) is 54.3 Å². The number of carbonyl (C=O) groups excluding carboxylic acids is 3. The molecule has 1 rings (SSSR count). The van der Waals surface area contributed by atoms with Crippen LogP contribution >= 0.6 is 0 Å². The second-order valence-corrected chi connectivity index (χ2v) is 9.06. The number of nitrogens with zero attached hydrogens (tertiary/aromatic N) is 1. The maximum absolute atomic E-state index is 12.7. The maximum atomic E-state index is 12.7. The lowest BCUT2D eigenvalue weighted by Gasteiger charge is -2.25. The van der Waals surface area contributed by atoms with Gasteiger partial charge in [0.25, 0.3) is 0 Å². The Morgan fingerprint density at radius 3 is 2.19 bits per heavy atom. The van der Waals surface area contributed by atoms with Crippen LogP contribution in [0.4, 0.5) is 9.59 Å². The second-order valence-electron chi connectivity index (χ2n) is 9.06. The zero-order valence-electron chi connectivity index (χ0n) is 20.5. The summed E-state index contributed by atoms with van der Waals surface area (Å²) in [5, 5.41) is 5.44. The van der Waals surface area contributed by atoms with E-state index in [-0.39, 0.29) is 24.9 Å². The Kier molecular flexibility index (Phi) is 11.0. The fraction of sp³-hybridized carbons (Fsp3) is 0.625. The summed E-state index contributed by atoms with van der Waals surface area (Å²) in [5.41, 5.74) is 0.512. The first-order valence-corrected chi connectivity index (χ1v) is 11.3. The highest BCUT2D eigenvalue weighted by molar-refractivity contribution is 5.85. The average molecular weight is 450 g/mol. The smallest absolute Gasteiger partial charge is 0.415 e. The first kappa shape index (κ1) is 27.3. The van der Waals surface area contributed by atoms with E-state index in [9.17, 15) is 14.4 Å². The van der Waals surface area contributed by atoms with Gasteiger partial charge in [-0.15, -0.1) is 0 Å². The molecule has 1 aromatic rings. The van der Waals surface area contributed by atoms with Crippen molar-refractivity contribution in [2.75, 3.05) is 19.6 Å². The van der Waals surface area contributed by atoms with Crippen LogP contribution in [-0.2, 0) is 16.0 Å². The predicted molar refractivity (Wildman–Crippen MR) is 125 cm³/mol. The molecule has 0 fully saturated rings. The van der Waals surface area contributed by atoms with Crippen molar-refractivity contribution >= 4 is 18.1 Å². The number of benzene rings is 1. The van der Waals surface area contributed by atoms with E-state index < -0.39 is 23.8 Å². The molecule has 8 heteroatoms. The lowest BCUT2D eigenvalue weighted by atomic mass is 10.0. The molecule has 1 atom stereocenters. The molecule has 1 aromatic carbocycles. The summed E-state index contributed by atoms with van der Waals surface area (Å²) in [6.07, 6.45) is 0.274. The summed E-state index contributed by atoms with van der Waals surface area (Å²) < 4.78 is 10.7. The van der Waals surface area contributed by atoms with Gasteiger partial charge in [-0.25, -0.2) is 9.59 Å². The zero-order chi connectivity index (χ0) is 24.3. The van der Waals surface area contributed by atoms with Crippen molar-refractivity contribution in [3.8, 4) is 5.75 Å². The van der Waals surface area contributed by atoms with Crippen molar-refractivity contribution in [1.29, 1.82) is 0 Å². The molecular formula is C24H39N3O5. The number of carbonyl (C=O) groups is 3. The highest BCUT2D eigenvalue weighted by Crippen LogP contribution is 2.14. The van der Waals surface area contributed by atoms with E-state index in [0.717, 1.165) is 12.0 Å². The minimum atomic E-state index is -0.719. The molecule has 180 valence electrons. The van der Waals surface area contributed by atoms with E-state index in [2.05, 4.69) is 17.6 Å². The fourth-order valence-corrected chi connectivity index (χ4v) is 2.93. The van der Waals surface area contributed by atoms with Gasteiger partial charge in [-0.1, -0.05) is 32.9 Å². The monoisotopic (exact) mass is 449 g/mol. The van der Waals surface area contributed by atoms with Crippen LogP contribution in [0.5, 0.6) is 5.75 Å². The summed E-state index contributed by atoms with van der Waals surface area (Å²) in [6.45, 7) is 14.1. The van der Waals surface area contributed by atoms with Crippen molar-refractivity contribution in [2.45, 2.75) is 73.0 Å². The van der Waals surface area contributed by atoms with E-state index in [4.69, 9.17) is 9.47 Å². The Bertz CT molecular complexity index is 741. The summed E-state index contributed by atoms with van der Waals surface area (Å²) in [5.74, 6) is 0.360. The first-order chi connectivity index (χ1) is 14.9. The molecule has 0 aromatic heterocycles. The SMILES string of the molecule is CCc1ccc(OC(=O)N(CC)CCNC(=O)[C@@H](CC(C)C)NC(=O)OC(C)(C)C)cc1. The van der Waals surface area contributed by atoms with Crippen molar-refractivity contribution in [2.24, 2.45) is 5.92 Å². The molecule has 0 heterocycles. The van der Waals surface area contributed by atoms with Gasteiger partial charge in [0, 0.05) is 19.6 Å². The van der Waals surface area contributed by atoms with Gasteiger partial charge >= 0.3 is 12.2 Å². The van der Waals surface area contributed by atoms with Crippen molar-refractivity contribution < 1.29 is 23.9 Å². The highest BCUT2D eigenvalue weighted by Gasteiger charge is 2.25. The zero-order valence-corrected chi connectivity index (χ0v) is 20.5. The van der Waals surface area contributed by atoms with Crippen LogP contribution in [0.15, 0.2) is 24.3 Å². The van der Waals surface area contributed by atoms with E-state index in [1.165, 1.54) is 4.90 Å². The molecule has 0 unspecified atom stereocenters. The van der Waals surface area contributed by atoms with Gasteiger partial charge in [0.15, 0.2) is 0 Å². The first-order valence-electron chi connectivity index (χ1n) is 11.3. The van der Waals surface area contributed by atoms with Gasteiger partial charge in [-0.05, 0) is 64.2 Å². The predicted octanol–water partition coefficient (Wildman–Crippen LogP) is 4.13.